The van der Waals surface area contributed by atoms with Gasteiger partial charge in [-0.15, -0.1) is 0 Å². The van der Waals surface area contributed by atoms with Crippen molar-refractivity contribution in [2.24, 2.45) is 0 Å². The van der Waals surface area contributed by atoms with Crippen LogP contribution in [0.3, 0.4) is 0 Å². The molecule has 1 amide bonds. The Morgan fingerprint density at radius 3 is 2.56 bits per heavy atom. The molecule has 4 rings (SSSR count). The molecule has 130 valence electrons. The van der Waals surface area contributed by atoms with Crippen LogP contribution >= 0.6 is 0 Å². The Morgan fingerprint density at radius 1 is 0.960 bits per heavy atom. The minimum Gasteiger partial charge on any atom is -0.362 e. The van der Waals surface area contributed by atoms with Gasteiger partial charge in [-0.2, -0.15) is 0 Å². The first-order valence-corrected chi connectivity index (χ1v) is 9.02. The van der Waals surface area contributed by atoms with Crippen LogP contribution in [0.2, 0.25) is 0 Å². The third-order valence-corrected chi connectivity index (χ3v) is 5.15. The molecule has 0 unspecified atom stereocenters. The second kappa shape index (κ2) is 7.23. The van der Waals surface area contributed by atoms with E-state index in [-0.39, 0.29) is 5.91 Å². The van der Waals surface area contributed by atoms with E-state index in [1.54, 1.807) is 0 Å². The first-order chi connectivity index (χ1) is 12.3. The average molecular weight is 336 g/mol. The van der Waals surface area contributed by atoms with E-state index in [2.05, 4.69) is 45.1 Å². The van der Waals surface area contributed by atoms with Crippen LogP contribution in [0.25, 0.3) is 0 Å². The number of anilines is 1. The molecule has 2 aliphatic rings. The fourth-order valence-corrected chi connectivity index (χ4v) is 3.71. The molecule has 5 heteroatoms. The lowest BCUT2D eigenvalue weighted by atomic mass is 10.2. The lowest BCUT2D eigenvalue weighted by molar-refractivity contribution is -0.131. The maximum absolute atomic E-state index is 12.7. The molecule has 25 heavy (non-hydrogen) atoms. The van der Waals surface area contributed by atoms with Crippen LogP contribution in [0.1, 0.15) is 11.3 Å². The molecule has 1 fully saturated rings. The zero-order valence-corrected chi connectivity index (χ0v) is 14.5. The Bertz CT molecular complexity index is 725. The van der Waals surface area contributed by atoms with Gasteiger partial charge in [-0.25, -0.2) is 0 Å². The minimum absolute atomic E-state index is 0.245. The second-order valence-corrected chi connectivity index (χ2v) is 6.78. The highest BCUT2D eigenvalue weighted by atomic mass is 16.2. The lowest BCUT2D eigenvalue weighted by Gasteiger charge is -2.35. The van der Waals surface area contributed by atoms with Gasteiger partial charge in [-0.1, -0.05) is 24.3 Å². The van der Waals surface area contributed by atoms with Gasteiger partial charge in [0.15, 0.2) is 0 Å². The zero-order valence-electron chi connectivity index (χ0n) is 14.5. The van der Waals surface area contributed by atoms with E-state index in [0.29, 0.717) is 6.54 Å². The first-order valence-electron chi connectivity index (χ1n) is 9.02. The van der Waals surface area contributed by atoms with Crippen LogP contribution in [0.5, 0.6) is 0 Å². The van der Waals surface area contributed by atoms with Gasteiger partial charge >= 0.3 is 0 Å². The fraction of sp³-hybridized carbons (Fsp3) is 0.400. The molecule has 2 aromatic rings. The van der Waals surface area contributed by atoms with Crippen LogP contribution in [0.15, 0.2) is 48.7 Å². The van der Waals surface area contributed by atoms with Gasteiger partial charge in [0.1, 0.15) is 0 Å². The summed E-state index contributed by atoms with van der Waals surface area (Å²) in [4.78, 5) is 23.7. The third-order valence-electron chi connectivity index (χ3n) is 5.15. The Morgan fingerprint density at radius 2 is 1.76 bits per heavy atom. The van der Waals surface area contributed by atoms with Gasteiger partial charge in [0.05, 0.1) is 12.2 Å². The van der Waals surface area contributed by atoms with Crippen LogP contribution < -0.4 is 4.90 Å². The van der Waals surface area contributed by atoms with E-state index in [1.807, 2.05) is 23.2 Å². The quantitative estimate of drug-likeness (QED) is 0.853. The number of benzene rings is 1. The van der Waals surface area contributed by atoms with Crippen molar-refractivity contribution in [3.05, 3.63) is 59.9 Å². The number of amides is 1. The van der Waals surface area contributed by atoms with Crippen molar-refractivity contribution in [1.29, 1.82) is 0 Å². The summed E-state index contributed by atoms with van der Waals surface area (Å²) < 4.78 is 0. The van der Waals surface area contributed by atoms with Crippen molar-refractivity contribution >= 4 is 11.6 Å². The fourth-order valence-electron chi connectivity index (χ4n) is 3.71. The van der Waals surface area contributed by atoms with Crippen molar-refractivity contribution in [2.75, 3.05) is 44.2 Å². The first kappa shape index (κ1) is 16.1. The topological polar surface area (TPSA) is 39.7 Å². The highest BCUT2D eigenvalue weighted by Gasteiger charge is 2.25. The number of carbonyl (C=O) groups is 1. The third kappa shape index (κ3) is 3.66. The molecule has 2 aliphatic heterocycles. The summed E-state index contributed by atoms with van der Waals surface area (Å²) in [5, 5.41) is 0. The van der Waals surface area contributed by atoms with E-state index in [1.165, 1.54) is 11.3 Å². The van der Waals surface area contributed by atoms with Gasteiger partial charge in [0, 0.05) is 51.2 Å². The molecule has 0 radical (unpaired) electrons. The van der Waals surface area contributed by atoms with Crippen molar-refractivity contribution in [1.82, 2.24) is 14.8 Å². The molecular formula is C20H24N4O. The number of para-hydroxylation sites is 1. The van der Waals surface area contributed by atoms with E-state index in [0.717, 1.165) is 51.4 Å². The van der Waals surface area contributed by atoms with Gasteiger partial charge in [-0.3, -0.25) is 14.7 Å². The Balaban J connectivity index is 1.29. The highest BCUT2D eigenvalue weighted by Crippen LogP contribution is 2.27. The van der Waals surface area contributed by atoms with Crippen molar-refractivity contribution in [2.45, 2.75) is 13.0 Å². The number of hydrogen-bond acceptors (Lipinski definition) is 4. The summed E-state index contributed by atoms with van der Waals surface area (Å²) in [5.41, 5.74) is 3.68. The van der Waals surface area contributed by atoms with Crippen LogP contribution in [-0.4, -0.2) is 60.0 Å². The maximum atomic E-state index is 12.7. The highest BCUT2D eigenvalue weighted by molar-refractivity contribution is 5.82. The summed E-state index contributed by atoms with van der Waals surface area (Å²) in [6.07, 6.45) is 2.88. The molecule has 0 spiro atoms. The Labute approximate surface area is 148 Å². The molecular weight excluding hydrogens is 312 g/mol. The predicted molar refractivity (Wildman–Crippen MR) is 98.5 cm³/mol. The molecule has 0 bridgehead atoms. The van der Waals surface area contributed by atoms with E-state index in [9.17, 15) is 4.79 Å². The van der Waals surface area contributed by atoms with Gasteiger partial charge in [0.2, 0.25) is 5.91 Å². The van der Waals surface area contributed by atoms with E-state index in [4.69, 9.17) is 0 Å². The molecule has 5 nitrogen and oxygen atoms in total. The SMILES string of the molecule is O=C(CN1CCc2ccccc21)N1CCN(Cc2ccccn2)CC1. The van der Waals surface area contributed by atoms with Gasteiger partial charge in [0.25, 0.3) is 0 Å². The number of aromatic nitrogens is 1. The minimum atomic E-state index is 0.245. The summed E-state index contributed by atoms with van der Waals surface area (Å²) in [7, 11) is 0. The van der Waals surface area contributed by atoms with Crippen LogP contribution in [-0.2, 0) is 17.8 Å². The van der Waals surface area contributed by atoms with Gasteiger partial charge < -0.3 is 9.80 Å². The van der Waals surface area contributed by atoms with Crippen molar-refractivity contribution < 1.29 is 4.79 Å². The number of pyridine rings is 1. The maximum Gasteiger partial charge on any atom is 0.242 e. The molecule has 0 atom stereocenters. The largest absolute Gasteiger partial charge is 0.362 e. The number of nitrogens with zero attached hydrogens (tertiary/aromatic N) is 4. The van der Waals surface area contributed by atoms with Gasteiger partial charge in [-0.05, 0) is 30.2 Å². The Hall–Kier alpha value is -2.40. The standard InChI is InChI=1S/C20H24N4O/c25-20(16-24-10-8-17-5-1-2-7-19(17)24)23-13-11-22(12-14-23)15-18-6-3-4-9-21-18/h1-7,9H,8,10-16H2. The summed E-state index contributed by atoms with van der Waals surface area (Å²) in [6.45, 7) is 5.75. The molecule has 3 heterocycles. The summed E-state index contributed by atoms with van der Waals surface area (Å²) in [6, 6.07) is 14.4. The van der Waals surface area contributed by atoms with Crippen LogP contribution in [0, 0.1) is 0 Å². The number of carbonyl (C=O) groups excluding carboxylic acids is 1. The monoisotopic (exact) mass is 336 g/mol. The zero-order chi connectivity index (χ0) is 17.1. The number of rotatable bonds is 4. The second-order valence-electron chi connectivity index (χ2n) is 6.78. The number of piperazine rings is 1. The number of fused-ring (bicyclic) bond motifs is 1. The Kier molecular flexibility index (Phi) is 4.65. The summed E-state index contributed by atoms with van der Waals surface area (Å²) >= 11 is 0. The molecule has 1 aromatic carbocycles. The average Bonchev–Trinajstić information content (AvgIpc) is 3.06. The normalized spacial score (nSPS) is 17.6. The predicted octanol–water partition coefficient (Wildman–Crippen LogP) is 1.79. The van der Waals surface area contributed by atoms with E-state index >= 15 is 0 Å². The molecule has 0 N–H and O–H groups in total. The van der Waals surface area contributed by atoms with E-state index < -0.39 is 0 Å². The molecule has 1 saturated heterocycles. The summed E-state index contributed by atoms with van der Waals surface area (Å²) in [5.74, 6) is 0.245. The van der Waals surface area contributed by atoms with Crippen molar-refractivity contribution in [3.63, 3.8) is 0 Å². The molecule has 0 aliphatic carbocycles. The number of hydrogen-bond donors (Lipinski definition) is 0. The molecule has 1 aromatic heterocycles. The van der Waals surface area contributed by atoms with Crippen molar-refractivity contribution in [3.8, 4) is 0 Å². The smallest absolute Gasteiger partial charge is 0.242 e. The lowest BCUT2D eigenvalue weighted by Crippen LogP contribution is -2.50. The molecule has 0 saturated carbocycles. The van der Waals surface area contributed by atoms with Crippen LogP contribution in [0.4, 0.5) is 5.69 Å².